The Balaban J connectivity index is 1.39. The van der Waals surface area contributed by atoms with Crippen LogP contribution < -0.4 is 4.90 Å². The standard InChI is InChI=1S/C23H29N3O2/c27-19-9-7-18(8-10-19)26-15-12-23(22(26)28)11-3-14-25(16-23)20-6-1-4-17-5-2-13-24-21(17)20/h1-2,4-6,13,18-19,27H,3,7-12,14-16H2/t18-,19-,23-/m1/s1. The minimum Gasteiger partial charge on any atom is -0.393 e. The van der Waals surface area contributed by atoms with Gasteiger partial charge in [-0.3, -0.25) is 9.78 Å². The summed E-state index contributed by atoms with van der Waals surface area (Å²) in [6.07, 6.45) is 8.22. The number of amides is 1. The highest BCUT2D eigenvalue weighted by Gasteiger charge is 2.50. The lowest BCUT2D eigenvalue weighted by atomic mass is 9.78. The van der Waals surface area contributed by atoms with E-state index in [1.54, 1.807) is 0 Å². The zero-order valence-corrected chi connectivity index (χ0v) is 16.4. The summed E-state index contributed by atoms with van der Waals surface area (Å²) in [4.78, 5) is 22.7. The number of nitrogens with zero attached hydrogens (tertiary/aromatic N) is 3. The number of aliphatic hydroxyl groups excluding tert-OH is 1. The van der Waals surface area contributed by atoms with E-state index >= 15 is 0 Å². The number of rotatable bonds is 2. The molecule has 3 aliphatic rings. The van der Waals surface area contributed by atoms with E-state index in [9.17, 15) is 9.90 Å². The lowest BCUT2D eigenvalue weighted by Crippen LogP contribution is -2.50. The van der Waals surface area contributed by atoms with Crippen molar-refractivity contribution >= 4 is 22.5 Å². The van der Waals surface area contributed by atoms with Crippen LogP contribution in [0.25, 0.3) is 10.9 Å². The van der Waals surface area contributed by atoms with E-state index in [1.165, 1.54) is 0 Å². The van der Waals surface area contributed by atoms with Crippen molar-refractivity contribution in [2.24, 2.45) is 5.41 Å². The highest BCUT2D eigenvalue weighted by Crippen LogP contribution is 2.44. The molecule has 0 unspecified atom stereocenters. The molecule has 1 aromatic heterocycles. The average Bonchev–Trinajstić information content (AvgIpc) is 3.04. The first-order valence-electron chi connectivity index (χ1n) is 10.7. The fourth-order valence-corrected chi connectivity index (χ4v) is 5.63. The first kappa shape index (κ1) is 17.9. The number of hydrogen-bond acceptors (Lipinski definition) is 4. The summed E-state index contributed by atoms with van der Waals surface area (Å²) in [6, 6.07) is 10.7. The number of aromatic nitrogens is 1. The van der Waals surface area contributed by atoms with E-state index in [1.807, 2.05) is 12.3 Å². The molecule has 5 nitrogen and oxygen atoms in total. The zero-order valence-electron chi connectivity index (χ0n) is 16.4. The molecule has 2 aliphatic heterocycles. The number of piperidine rings is 1. The molecule has 1 aliphatic carbocycles. The fraction of sp³-hybridized carbons (Fsp3) is 0.565. The fourth-order valence-electron chi connectivity index (χ4n) is 5.63. The van der Waals surface area contributed by atoms with Gasteiger partial charge < -0.3 is 14.9 Å². The number of anilines is 1. The van der Waals surface area contributed by atoms with Crippen molar-refractivity contribution in [2.75, 3.05) is 24.5 Å². The summed E-state index contributed by atoms with van der Waals surface area (Å²) < 4.78 is 0. The average molecular weight is 380 g/mol. The Kier molecular flexibility index (Phi) is 4.50. The number of fused-ring (bicyclic) bond motifs is 1. The molecule has 0 radical (unpaired) electrons. The topological polar surface area (TPSA) is 56.7 Å². The second-order valence-electron chi connectivity index (χ2n) is 8.87. The summed E-state index contributed by atoms with van der Waals surface area (Å²) in [5.41, 5.74) is 1.94. The summed E-state index contributed by atoms with van der Waals surface area (Å²) >= 11 is 0. The van der Waals surface area contributed by atoms with Gasteiger partial charge in [0.15, 0.2) is 0 Å². The molecule has 3 heterocycles. The van der Waals surface area contributed by atoms with Crippen LogP contribution in [0.5, 0.6) is 0 Å². The zero-order chi connectivity index (χ0) is 19.1. The molecule has 5 heteroatoms. The van der Waals surface area contributed by atoms with Crippen LogP contribution in [0.4, 0.5) is 5.69 Å². The minimum atomic E-state index is -0.245. The molecule has 28 heavy (non-hydrogen) atoms. The van der Waals surface area contributed by atoms with Gasteiger partial charge in [-0.1, -0.05) is 18.2 Å². The molecule has 2 saturated heterocycles. The maximum atomic E-state index is 13.5. The molecule has 1 amide bonds. The Morgan fingerprint density at radius 3 is 2.71 bits per heavy atom. The molecule has 1 atom stereocenters. The van der Waals surface area contributed by atoms with Gasteiger partial charge in [-0.05, 0) is 57.1 Å². The predicted octanol–water partition coefficient (Wildman–Crippen LogP) is 3.36. The van der Waals surface area contributed by atoms with Gasteiger partial charge in [0.2, 0.25) is 5.91 Å². The van der Waals surface area contributed by atoms with Crippen molar-refractivity contribution in [2.45, 2.75) is 57.1 Å². The molecule has 1 aromatic carbocycles. The van der Waals surface area contributed by atoms with Gasteiger partial charge in [0.25, 0.3) is 0 Å². The molecule has 5 rings (SSSR count). The Hall–Kier alpha value is -2.14. The van der Waals surface area contributed by atoms with E-state index in [-0.39, 0.29) is 11.5 Å². The third-order valence-electron chi connectivity index (χ3n) is 7.18. The first-order valence-corrected chi connectivity index (χ1v) is 10.7. The Labute approximate surface area is 166 Å². The Bertz CT molecular complexity index is 872. The third kappa shape index (κ3) is 2.96. The van der Waals surface area contributed by atoms with Crippen LogP contribution in [-0.4, -0.2) is 52.7 Å². The van der Waals surface area contributed by atoms with Crippen LogP contribution >= 0.6 is 0 Å². The van der Waals surface area contributed by atoms with Gasteiger partial charge in [-0.25, -0.2) is 0 Å². The van der Waals surface area contributed by atoms with Crippen molar-refractivity contribution < 1.29 is 9.90 Å². The van der Waals surface area contributed by atoms with Gasteiger partial charge in [0.1, 0.15) is 0 Å². The number of benzene rings is 1. The van der Waals surface area contributed by atoms with Gasteiger partial charge in [0, 0.05) is 37.3 Å². The molecule has 3 fully saturated rings. The maximum absolute atomic E-state index is 13.5. The monoisotopic (exact) mass is 379 g/mol. The molecule has 148 valence electrons. The number of pyridine rings is 1. The molecule has 1 saturated carbocycles. The highest BCUT2D eigenvalue weighted by molar-refractivity contribution is 5.92. The van der Waals surface area contributed by atoms with Crippen LogP contribution in [0.15, 0.2) is 36.5 Å². The summed E-state index contributed by atoms with van der Waals surface area (Å²) in [6.45, 7) is 2.66. The van der Waals surface area contributed by atoms with Crippen LogP contribution in [0.1, 0.15) is 44.9 Å². The van der Waals surface area contributed by atoms with Crippen molar-refractivity contribution in [3.63, 3.8) is 0 Å². The van der Waals surface area contributed by atoms with Crippen LogP contribution in [0.2, 0.25) is 0 Å². The van der Waals surface area contributed by atoms with Crippen LogP contribution in [0, 0.1) is 5.41 Å². The second kappa shape index (κ2) is 7.03. The quantitative estimate of drug-likeness (QED) is 0.869. The molecule has 0 bridgehead atoms. The lowest BCUT2D eigenvalue weighted by Gasteiger charge is -2.41. The van der Waals surface area contributed by atoms with Crippen LogP contribution in [0.3, 0.4) is 0 Å². The van der Waals surface area contributed by atoms with Crippen molar-refractivity contribution in [3.8, 4) is 0 Å². The number of carbonyl (C=O) groups excluding carboxylic acids is 1. The first-order chi connectivity index (χ1) is 13.7. The van der Waals surface area contributed by atoms with Gasteiger partial charge >= 0.3 is 0 Å². The normalized spacial score (nSPS) is 31.1. The van der Waals surface area contributed by atoms with Gasteiger partial charge in [0.05, 0.1) is 22.7 Å². The minimum absolute atomic E-state index is 0.174. The molecule has 2 aromatic rings. The van der Waals surface area contributed by atoms with E-state index in [0.717, 1.165) is 81.2 Å². The Morgan fingerprint density at radius 1 is 1.04 bits per heavy atom. The van der Waals surface area contributed by atoms with Gasteiger partial charge in [-0.2, -0.15) is 0 Å². The number of aliphatic hydroxyl groups is 1. The second-order valence-corrected chi connectivity index (χ2v) is 8.87. The lowest BCUT2D eigenvalue weighted by molar-refractivity contribution is -0.139. The van der Waals surface area contributed by atoms with E-state index < -0.39 is 0 Å². The molecular weight excluding hydrogens is 350 g/mol. The summed E-state index contributed by atoms with van der Waals surface area (Å²) in [7, 11) is 0. The Morgan fingerprint density at radius 2 is 1.86 bits per heavy atom. The molecular formula is C23H29N3O2. The molecule has 1 spiro atoms. The van der Waals surface area contributed by atoms with E-state index in [4.69, 9.17) is 0 Å². The highest BCUT2D eigenvalue weighted by atomic mass is 16.3. The number of para-hydroxylation sites is 1. The van der Waals surface area contributed by atoms with Crippen molar-refractivity contribution in [3.05, 3.63) is 36.5 Å². The van der Waals surface area contributed by atoms with E-state index in [0.29, 0.717) is 11.9 Å². The van der Waals surface area contributed by atoms with Crippen molar-refractivity contribution in [1.29, 1.82) is 0 Å². The number of carbonyl (C=O) groups is 1. The van der Waals surface area contributed by atoms with E-state index in [2.05, 4.69) is 39.0 Å². The SMILES string of the molecule is O=C1N([C@H]2CC[C@H](O)CC2)CC[C@@]12CCCN(c1cccc3cccnc13)C2. The third-order valence-corrected chi connectivity index (χ3v) is 7.18. The largest absolute Gasteiger partial charge is 0.393 e. The summed E-state index contributed by atoms with van der Waals surface area (Å²) in [5.74, 6) is 0.354. The van der Waals surface area contributed by atoms with Gasteiger partial charge in [-0.15, -0.1) is 0 Å². The summed E-state index contributed by atoms with van der Waals surface area (Å²) in [5, 5.41) is 11.0. The smallest absolute Gasteiger partial charge is 0.230 e. The number of hydrogen-bond donors (Lipinski definition) is 1. The predicted molar refractivity (Wildman–Crippen MR) is 110 cm³/mol. The molecule has 1 N–H and O–H groups in total. The number of likely N-dealkylation sites (tertiary alicyclic amines) is 1. The van der Waals surface area contributed by atoms with Crippen molar-refractivity contribution in [1.82, 2.24) is 9.88 Å². The van der Waals surface area contributed by atoms with Crippen LogP contribution in [-0.2, 0) is 4.79 Å². The maximum Gasteiger partial charge on any atom is 0.230 e.